The van der Waals surface area contributed by atoms with E-state index in [1.165, 1.54) is 12.1 Å². The highest BCUT2D eigenvalue weighted by atomic mass is 16.6. The number of nitrogens with one attached hydrogen (secondary N) is 1. The van der Waals surface area contributed by atoms with Crippen molar-refractivity contribution in [2.24, 2.45) is 5.92 Å². The summed E-state index contributed by atoms with van der Waals surface area (Å²) in [5.41, 5.74) is 5.46. The fraction of sp³-hybridized carbons (Fsp3) is 0.500. The van der Waals surface area contributed by atoms with E-state index in [1.54, 1.807) is 0 Å². The van der Waals surface area contributed by atoms with Crippen LogP contribution in [0.5, 0.6) is 0 Å². The SMILES string of the molecule is Nc1ccc([N+](=O)[O-])c(NCC2CCOC2)n1. The lowest BCUT2D eigenvalue weighted by Crippen LogP contribution is -2.16. The summed E-state index contributed by atoms with van der Waals surface area (Å²) in [6, 6.07) is 2.78. The van der Waals surface area contributed by atoms with Gasteiger partial charge >= 0.3 is 5.69 Å². The fourth-order valence-corrected chi connectivity index (χ4v) is 1.73. The molecule has 0 saturated carbocycles. The van der Waals surface area contributed by atoms with Crippen molar-refractivity contribution in [1.82, 2.24) is 4.98 Å². The number of aromatic nitrogens is 1. The molecule has 1 aliphatic rings. The van der Waals surface area contributed by atoms with E-state index in [2.05, 4.69) is 10.3 Å². The van der Waals surface area contributed by atoms with E-state index in [0.29, 0.717) is 19.1 Å². The van der Waals surface area contributed by atoms with Gasteiger partial charge in [0.2, 0.25) is 5.82 Å². The molecule has 0 spiro atoms. The van der Waals surface area contributed by atoms with Crippen LogP contribution < -0.4 is 11.1 Å². The second kappa shape index (κ2) is 4.96. The van der Waals surface area contributed by atoms with E-state index in [1.807, 2.05) is 0 Å². The van der Waals surface area contributed by atoms with Gasteiger partial charge in [-0.25, -0.2) is 4.98 Å². The van der Waals surface area contributed by atoms with E-state index < -0.39 is 4.92 Å². The van der Waals surface area contributed by atoms with Crippen LogP contribution in [0.3, 0.4) is 0 Å². The number of pyridine rings is 1. The van der Waals surface area contributed by atoms with E-state index in [-0.39, 0.29) is 17.3 Å². The lowest BCUT2D eigenvalue weighted by atomic mass is 10.1. The van der Waals surface area contributed by atoms with E-state index >= 15 is 0 Å². The molecular weight excluding hydrogens is 224 g/mol. The summed E-state index contributed by atoms with van der Waals surface area (Å²) in [4.78, 5) is 14.3. The highest BCUT2D eigenvalue weighted by molar-refractivity contribution is 5.59. The van der Waals surface area contributed by atoms with Crippen molar-refractivity contribution >= 4 is 17.3 Å². The number of nitrogens with zero attached hydrogens (tertiary/aromatic N) is 2. The number of anilines is 2. The van der Waals surface area contributed by atoms with Crippen LogP contribution in [-0.2, 0) is 4.74 Å². The van der Waals surface area contributed by atoms with Crippen LogP contribution in [0, 0.1) is 16.0 Å². The van der Waals surface area contributed by atoms with Crippen molar-refractivity contribution in [1.29, 1.82) is 0 Å². The van der Waals surface area contributed by atoms with Crippen molar-refractivity contribution in [3.8, 4) is 0 Å². The minimum absolute atomic E-state index is 0.0573. The second-order valence-corrected chi connectivity index (χ2v) is 3.97. The highest BCUT2D eigenvalue weighted by Crippen LogP contribution is 2.23. The Hall–Kier alpha value is -1.89. The molecule has 0 radical (unpaired) electrons. The first kappa shape index (κ1) is 11.6. The molecule has 2 rings (SSSR count). The molecule has 92 valence electrons. The Balaban J connectivity index is 2.07. The molecule has 1 saturated heterocycles. The predicted octanol–water partition coefficient (Wildman–Crippen LogP) is 1.02. The van der Waals surface area contributed by atoms with E-state index in [9.17, 15) is 10.1 Å². The molecule has 1 unspecified atom stereocenters. The number of rotatable bonds is 4. The van der Waals surface area contributed by atoms with Gasteiger partial charge in [0.1, 0.15) is 5.82 Å². The Morgan fingerprint density at radius 3 is 3.12 bits per heavy atom. The summed E-state index contributed by atoms with van der Waals surface area (Å²) in [5, 5.41) is 13.8. The summed E-state index contributed by atoms with van der Waals surface area (Å²) < 4.78 is 5.23. The van der Waals surface area contributed by atoms with Crippen LogP contribution >= 0.6 is 0 Å². The van der Waals surface area contributed by atoms with Crippen molar-refractivity contribution < 1.29 is 9.66 Å². The average Bonchev–Trinajstić information content (AvgIpc) is 2.78. The Labute approximate surface area is 98.1 Å². The summed E-state index contributed by atoms with van der Waals surface area (Å²) >= 11 is 0. The molecule has 2 heterocycles. The van der Waals surface area contributed by atoms with Crippen LogP contribution in [0.25, 0.3) is 0 Å². The van der Waals surface area contributed by atoms with Gasteiger partial charge in [-0.3, -0.25) is 10.1 Å². The van der Waals surface area contributed by atoms with E-state index in [4.69, 9.17) is 10.5 Å². The monoisotopic (exact) mass is 238 g/mol. The third kappa shape index (κ3) is 2.82. The third-order valence-electron chi connectivity index (χ3n) is 2.67. The average molecular weight is 238 g/mol. The zero-order valence-electron chi connectivity index (χ0n) is 9.26. The number of nitrogen functional groups attached to an aromatic ring is 1. The van der Waals surface area contributed by atoms with Crippen molar-refractivity contribution in [3.05, 3.63) is 22.2 Å². The molecule has 17 heavy (non-hydrogen) atoms. The maximum Gasteiger partial charge on any atom is 0.311 e. The molecule has 1 aromatic heterocycles. The summed E-state index contributed by atoms with van der Waals surface area (Å²) in [6.45, 7) is 2.04. The predicted molar refractivity (Wildman–Crippen MR) is 62.7 cm³/mol. The minimum atomic E-state index is -0.472. The van der Waals surface area contributed by atoms with Gasteiger partial charge in [-0.05, 0) is 12.5 Å². The largest absolute Gasteiger partial charge is 0.384 e. The maximum atomic E-state index is 10.8. The molecular formula is C10H14N4O3. The van der Waals surface area contributed by atoms with Crippen LogP contribution in [0.1, 0.15) is 6.42 Å². The molecule has 7 nitrogen and oxygen atoms in total. The fourth-order valence-electron chi connectivity index (χ4n) is 1.73. The van der Waals surface area contributed by atoms with E-state index in [0.717, 1.165) is 13.0 Å². The normalized spacial score (nSPS) is 19.2. The molecule has 0 aromatic carbocycles. The number of hydrogen-bond acceptors (Lipinski definition) is 6. The van der Waals surface area contributed by atoms with Crippen molar-refractivity contribution in [3.63, 3.8) is 0 Å². The molecule has 1 atom stereocenters. The Kier molecular flexibility index (Phi) is 3.38. The zero-order chi connectivity index (χ0) is 12.3. The Morgan fingerprint density at radius 1 is 1.65 bits per heavy atom. The topological polar surface area (TPSA) is 103 Å². The van der Waals surface area contributed by atoms with Crippen LogP contribution in [-0.4, -0.2) is 29.7 Å². The lowest BCUT2D eigenvalue weighted by Gasteiger charge is -2.10. The molecule has 0 aliphatic carbocycles. The first-order chi connectivity index (χ1) is 8.16. The van der Waals surface area contributed by atoms with Gasteiger partial charge in [0.15, 0.2) is 0 Å². The Bertz CT molecular complexity index is 418. The van der Waals surface area contributed by atoms with Gasteiger partial charge in [-0.2, -0.15) is 0 Å². The standard InChI is InChI=1S/C10H14N4O3/c11-9-2-1-8(14(15)16)10(13-9)12-5-7-3-4-17-6-7/h1-2,7H,3-6H2,(H3,11,12,13). The molecule has 0 bridgehead atoms. The van der Waals surface area contributed by atoms with Crippen LogP contribution in [0.4, 0.5) is 17.3 Å². The third-order valence-corrected chi connectivity index (χ3v) is 2.67. The molecule has 1 aliphatic heterocycles. The molecule has 7 heteroatoms. The van der Waals surface area contributed by atoms with Crippen LogP contribution in [0.15, 0.2) is 12.1 Å². The highest BCUT2D eigenvalue weighted by Gasteiger charge is 2.19. The smallest absolute Gasteiger partial charge is 0.311 e. The quantitative estimate of drug-likeness (QED) is 0.599. The minimum Gasteiger partial charge on any atom is -0.384 e. The summed E-state index contributed by atoms with van der Waals surface area (Å²) in [5.74, 6) is 0.862. The van der Waals surface area contributed by atoms with Gasteiger partial charge in [-0.1, -0.05) is 0 Å². The van der Waals surface area contributed by atoms with Crippen LogP contribution in [0.2, 0.25) is 0 Å². The number of ether oxygens (including phenoxy) is 1. The molecule has 0 amide bonds. The first-order valence-electron chi connectivity index (χ1n) is 5.39. The zero-order valence-corrected chi connectivity index (χ0v) is 9.26. The van der Waals surface area contributed by atoms with Gasteiger partial charge in [-0.15, -0.1) is 0 Å². The van der Waals surface area contributed by atoms with Crippen molar-refractivity contribution in [2.75, 3.05) is 30.8 Å². The number of nitrogens with two attached hydrogens (primary N) is 1. The van der Waals surface area contributed by atoms with Gasteiger partial charge < -0.3 is 15.8 Å². The summed E-state index contributed by atoms with van der Waals surface area (Å²) in [6.07, 6.45) is 0.961. The van der Waals surface area contributed by atoms with Crippen molar-refractivity contribution in [2.45, 2.75) is 6.42 Å². The molecule has 3 N–H and O–H groups in total. The van der Waals surface area contributed by atoms with Gasteiger partial charge in [0, 0.05) is 25.1 Å². The lowest BCUT2D eigenvalue weighted by molar-refractivity contribution is -0.384. The Morgan fingerprint density at radius 2 is 2.47 bits per heavy atom. The first-order valence-corrected chi connectivity index (χ1v) is 5.39. The van der Waals surface area contributed by atoms with Gasteiger partial charge in [0.25, 0.3) is 0 Å². The molecule has 1 aromatic rings. The second-order valence-electron chi connectivity index (χ2n) is 3.97. The number of hydrogen-bond donors (Lipinski definition) is 2. The maximum absolute atomic E-state index is 10.8. The summed E-state index contributed by atoms with van der Waals surface area (Å²) in [7, 11) is 0. The molecule has 1 fully saturated rings. The van der Waals surface area contributed by atoms with Gasteiger partial charge in [0.05, 0.1) is 11.5 Å². The number of nitro groups is 1.